The fraction of sp³-hybridized carbons (Fsp3) is 0.273. The third kappa shape index (κ3) is 2.38. The van der Waals surface area contributed by atoms with Crippen molar-refractivity contribution in [2.24, 2.45) is 5.73 Å². The maximum atomic E-state index is 5.44. The van der Waals surface area contributed by atoms with Crippen molar-refractivity contribution in [3.63, 3.8) is 0 Å². The number of ether oxygens (including phenoxy) is 1. The van der Waals surface area contributed by atoms with Gasteiger partial charge in [0.25, 0.3) is 0 Å². The zero-order valence-electron chi connectivity index (χ0n) is 9.10. The molecule has 0 amide bonds. The largest absolute Gasteiger partial charge is 0.497 e. The number of nitrogens with two attached hydrogens (primary N) is 1. The van der Waals surface area contributed by atoms with Gasteiger partial charge in [-0.15, -0.1) is 0 Å². The van der Waals surface area contributed by atoms with Crippen molar-refractivity contribution in [3.05, 3.63) is 41.5 Å². The monoisotopic (exact) mass is 218 g/mol. The first-order valence-corrected chi connectivity index (χ1v) is 5.05. The summed E-state index contributed by atoms with van der Waals surface area (Å²) >= 11 is 0. The van der Waals surface area contributed by atoms with E-state index in [1.807, 2.05) is 24.3 Å². The van der Waals surface area contributed by atoms with E-state index in [2.05, 4.69) is 15.2 Å². The average Bonchev–Trinajstić information content (AvgIpc) is 2.77. The van der Waals surface area contributed by atoms with Crippen LogP contribution in [0.3, 0.4) is 0 Å². The summed E-state index contributed by atoms with van der Waals surface area (Å²) in [6, 6.07) is 7.86. The molecule has 1 heterocycles. The summed E-state index contributed by atoms with van der Waals surface area (Å²) in [5.74, 6) is 2.29. The minimum atomic E-state index is 0.356. The molecular weight excluding hydrogens is 204 g/mol. The van der Waals surface area contributed by atoms with Crippen LogP contribution in [0.5, 0.6) is 5.75 Å². The van der Waals surface area contributed by atoms with Crippen molar-refractivity contribution in [1.29, 1.82) is 0 Å². The van der Waals surface area contributed by atoms with Crippen LogP contribution in [-0.4, -0.2) is 22.3 Å². The molecule has 3 N–H and O–H groups in total. The van der Waals surface area contributed by atoms with Gasteiger partial charge >= 0.3 is 0 Å². The van der Waals surface area contributed by atoms with E-state index in [0.29, 0.717) is 18.8 Å². The highest BCUT2D eigenvalue weighted by Gasteiger charge is 2.03. The molecule has 0 spiro atoms. The lowest BCUT2D eigenvalue weighted by Crippen LogP contribution is -1.98. The Morgan fingerprint density at radius 2 is 2.31 bits per heavy atom. The Labute approximate surface area is 93.7 Å². The molecular formula is C11H14N4O. The number of rotatable bonds is 4. The zero-order valence-corrected chi connectivity index (χ0v) is 9.10. The molecule has 84 valence electrons. The molecule has 2 aromatic rings. The summed E-state index contributed by atoms with van der Waals surface area (Å²) in [6.45, 7) is 0.356. The molecule has 0 aliphatic rings. The fourth-order valence-corrected chi connectivity index (χ4v) is 1.48. The Morgan fingerprint density at radius 3 is 3.00 bits per heavy atom. The maximum Gasteiger partial charge on any atom is 0.164 e. The standard InChI is InChI=1S/C11H14N4O/c1-16-9-4-2-3-8(5-9)6-10-13-11(7-12)15-14-10/h2-5H,6-7,12H2,1H3,(H,13,14,15). The lowest BCUT2D eigenvalue weighted by Gasteiger charge is -2.02. The van der Waals surface area contributed by atoms with Gasteiger partial charge in [-0.1, -0.05) is 12.1 Å². The first kappa shape index (κ1) is 10.6. The molecule has 0 saturated carbocycles. The van der Waals surface area contributed by atoms with Crippen molar-refractivity contribution >= 4 is 0 Å². The number of hydrogen-bond donors (Lipinski definition) is 2. The van der Waals surface area contributed by atoms with E-state index in [9.17, 15) is 0 Å². The van der Waals surface area contributed by atoms with Gasteiger partial charge in [0, 0.05) is 6.42 Å². The Morgan fingerprint density at radius 1 is 1.44 bits per heavy atom. The van der Waals surface area contributed by atoms with Crippen molar-refractivity contribution < 1.29 is 4.74 Å². The van der Waals surface area contributed by atoms with Gasteiger partial charge in [-0.25, -0.2) is 4.98 Å². The van der Waals surface area contributed by atoms with Crippen LogP contribution in [0.25, 0.3) is 0 Å². The molecule has 0 bridgehead atoms. The maximum absolute atomic E-state index is 5.44. The summed E-state index contributed by atoms with van der Waals surface area (Å²) in [5.41, 5.74) is 6.56. The Hall–Kier alpha value is -1.88. The molecule has 0 radical (unpaired) electrons. The van der Waals surface area contributed by atoms with Crippen molar-refractivity contribution in [3.8, 4) is 5.75 Å². The van der Waals surface area contributed by atoms with Gasteiger partial charge in [-0.3, -0.25) is 5.10 Å². The van der Waals surface area contributed by atoms with Crippen LogP contribution in [0.1, 0.15) is 17.2 Å². The van der Waals surface area contributed by atoms with Crippen LogP contribution in [0, 0.1) is 0 Å². The van der Waals surface area contributed by atoms with Crippen LogP contribution < -0.4 is 10.5 Å². The van der Waals surface area contributed by atoms with Crippen LogP contribution in [0.15, 0.2) is 24.3 Å². The van der Waals surface area contributed by atoms with E-state index in [4.69, 9.17) is 10.5 Å². The summed E-state index contributed by atoms with van der Waals surface area (Å²) in [4.78, 5) is 4.25. The number of nitrogens with one attached hydrogen (secondary N) is 1. The van der Waals surface area contributed by atoms with E-state index in [0.717, 1.165) is 17.1 Å². The van der Waals surface area contributed by atoms with Crippen molar-refractivity contribution in [2.75, 3.05) is 7.11 Å². The number of aromatic amines is 1. The number of hydrogen-bond acceptors (Lipinski definition) is 4. The number of H-pyrrole nitrogens is 1. The highest BCUT2D eigenvalue weighted by Crippen LogP contribution is 2.14. The highest BCUT2D eigenvalue weighted by atomic mass is 16.5. The van der Waals surface area contributed by atoms with Crippen LogP contribution in [-0.2, 0) is 13.0 Å². The minimum Gasteiger partial charge on any atom is -0.497 e. The smallest absolute Gasteiger partial charge is 0.164 e. The summed E-state index contributed by atoms with van der Waals surface area (Å²) in [5, 5.41) is 6.84. The van der Waals surface area contributed by atoms with Crippen LogP contribution in [0.2, 0.25) is 0 Å². The minimum absolute atomic E-state index is 0.356. The van der Waals surface area contributed by atoms with Gasteiger partial charge in [0.1, 0.15) is 11.6 Å². The number of nitrogens with zero attached hydrogens (tertiary/aromatic N) is 2. The van der Waals surface area contributed by atoms with Gasteiger partial charge in [0.2, 0.25) is 0 Å². The predicted molar refractivity (Wildman–Crippen MR) is 60.1 cm³/mol. The van der Waals surface area contributed by atoms with E-state index < -0.39 is 0 Å². The first-order valence-electron chi connectivity index (χ1n) is 5.05. The van der Waals surface area contributed by atoms with Gasteiger partial charge in [0.05, 0.1) is 13.7 Å². The lowest BCUT2D eigenvalue weighted by atomic mass is 10.1. The topological polar surface area (TPSA) is 76.8 Å². The lowest BCUT2D eigenvalue weighted by molar-refractivity contribution is 0.414. The van der Waals surface area contributed by atoms with Crippen molar-refractivity contribution in [1.82, 2.24) is 15.2 Å². The molecule has 0 saturated heterocycles. The van der Waals surface area contributed by atoms with E-state index >= 15 is 0 Å². The molecule has 0 fully saturated rings. The predicted octanol–water partition coefficient (Wildman–Crippen LogP) is 0.863. The van der Waals surface area contributed by atoms with E-state index in [1.165, 1.54) is 0 Å². The quantitative estimate of drug-likeness (QED) is 0.798. The Balaban J connectivity index is 2.13. The molecule has 0 aliphatic carbocycles. The van der Waals surface area contributed by atoms with E-state index in [-0.39, 0.29) is 0 Å². The third-order valence-corrected chi connectivity index (χ3v) is 2.27. The van der Waals surface area contributed by atoms with Gasteiger partial charge in [0.15, 0.2) is 5.82 Å². The Bertz CT molecular complexity index is 467. The summed E-state index contributed by atoms with van der Waals surface area (Å²) in [7, 11) is 1.65. The summed E-state index contributed by atoms with van der Waals surface area (Å²) < 4.78 is 5.15. The zero-order chi connectivity index (χ0) is 11.4. The van der Waals surface area contributed by atoms with Gasteiger partial charge in [-0.2, -0.15) is 5.10 Å². The van der Waals surface area contributed by atoms with E-state index in [1.54, 1.807) is 7.11 Å². The number of benzene rings is 1. The number of aromatic nitrogens is 3. The van der Waals surface area contributed by atoms with Crippen molar-refractivity contribution in [2.45, 2.75) is 13.0 Å². The average molecular weight is 218 g/mol. The SMILES string of the molecule is COc1cccc(Cc2nc(CN)n[nH]2)c1. The van der Waals surface area contributed by atoms with Gasteiger partial charge < -0.3 is 10.5 Å². The molecule has 16 heavy (non-hydrogen) atoms. The molecule has 1 aromatic carbocycles. The molecule has 5 heteroatoms. The molecule has 2 rings (SSSR count). The first-order chi connectivity index (χ1) is 7.81. The fourth-order valence-electron chi connectivity index (χ4n) is 1.48. The van der Waals surface area contributed by atoms with Crippen LogP contribution >= 0.6 is 0 Å². The highest BCUT2D eigenvalue weighted by molar-refractivity contribution is 5.30. The van der Waals surface area contributed by atoms with Gasteiger partial charge in [-0.05, 0) is 17.7 Å². The molecule has 5 nitrogen and oxygen atoms in total. The second-order valence-electron chi connectivity index (χ2n) is 3.43. The molecule has 0 unspecified atom stereocenters. The molecule has 1 aromatic heterocycles. The summed E-state index contributed by atoms with van der Waals surface area (Å²) in [6.07, 6.45) is 0.699. The number of methoxy groups -OCH3 is 1. The normalized spacial score (nSPS) is 10.4. The molecule has 0 atom stereocenters. The third-order valence-electron chi connectivity index (χ3n) is 2.27. The molecule has 0 aliphatic heterocycles. The van der Waals surface area contributed by atoms with Crippen LogP contribution in [0.4, 0.5) is 0 Å². The second kappa shape index (κ2) is 4.76. The Kier molecular flexibility index (Phi) is 3.16. The second-order valence-corrected chi connectivity index (χ2v) is 3.43.